The summed E-state index contributed by atoms with van der Waals surface area (Å²) in [7, 11) is 0. The van der Waals surface area contributed by atoms with Gasteiger partial charge in [0, 0.05) is 17.8 Å². The van der Waals surface area contributed by atoms with Crippen molar-refractivity contribution in [3.8, 4) is 0 Å². The largest absolute Gasteiger partial charge is 0.478 e. The summed E-state index contributed by atoms with van der Waals surface area (Å²) in [5.41, 5.74) is 2.06. The monoisotopic (exact) mass is 257 g/mol. The van der Waals surface area contributed by atoms with Gasteiger partial charge in [0.2, 0.25) is 0 Å². The van der Waals surface area contributed by atoms with Gasteiger partial charge in [0.15, 0.2) is 0 Å². The Kier molecular flexibility index (Phi) is 3.28. The number of rotatable bonds is 4. The molecule has 1 aromatic carbocycles. The maximum absolute atomic E-state index is 10.4. The van der Waals surface area contributed by atoms with Crippen molar-refractivity contribution in [3.05, 3.63) is 35.9 Å². The fraction of sp³-hybridized carbons (Fsp3) is 0.438. The first-order chi connectivity index (χ1) is 9.20. The lowest BCUT2D eigenvalue weighted by molar-refractivity contribution is -0.131. The van der Waals surface area contributed by atoms with E-state index in [4.69, 9.17) is 5.11 Å². The first kappa shape index (κ1) is 12.3. The van der Waals surface area contributed by atoms with Crippen LogP contribution in [0.15, 0.2) is 30.3 Å². The zero-order valence-electron chi connectivity index (χ0n) is 10.9. The number of aliphatic carboxylic acids is 1. The molecule has 2 aliphatic carbocycles. The summed E-state index contributed by atoms with van der Waals surface area (Å²) in [6, 6.07) is 8.62. The van der Waals surface area contributed by atoms with Crippen molar-refractivity contribution in [2.24, 2.45) is 11.8 Å². The van der Waals surface area contributed by atoms with E-state index in [1.165, 1.54) is 31.8 Å². The average molecular weight is 257 g/mol. The van der Waals surface area contributed by atoms with Gasteiger partial charge >= 0.3 is 5.97 Å². The fourth-order valence-electron chi connectivity index (χ4n) is 3.49. The second-order valence-electron chi connectivity index (χ2n) is 5.72. The zero-order valence-corrected chi connectivity index (χ0v) is 10.9. The molecule has 3 nitrogen and oxygen atoms in total. The van der Waals surface area contributed by atoms with Gasteiger partial charge in [-0.05, 0) is 54.9 Å². The van der Waals surface area contributed by atoms with Gasteiger partial charge < -0.3 is 10.4 Å². The van der Waals surface area contributed by atoms with Gasteiger partial charge in [-0.25, -0.2) is 4.79 Å². The highest BCUT2D eigenvalue weighted by Crippen LogP contribution is 2.45. The molecule has 0 radical (unpaired) electrons. The summed E-state index contributed by atoms with van der Waals surface area (Å²) in [6.45, 7) is 0. The van der Waals surface area contributed by atoms with Crippen molar-refractivity contribution in [1.82, 2.24) is 0 Å². The summed E-state index contributed by atoms with van der Waals surface area (Å²) in [4.78, 5) is 10.4. The molecule has 0 spiro atoms. The van der Waals surface area contributed by atoms with Crippen LogP contribution in [-0.2, 0) is 4.79 Å². The quantitative estimate of drug-likeness (QED) is 0.813. The van der Waals surface area contributed by atoms with Gasteiger partial charge in [-0.2, -0.15) is 0 Å². The van der Waals surface area contributed by atoms with Crippen LogP contribution in [-0.4, -0.2) is 17.1 Å². The summed E-state index contributed by atoms with van der Waals surface area (Å²) < 4.78 is 0. The van der Waals surface area contributed by atoms with Crippen LogP contribution >= 0.6 is 0 Å². The number of nitrogens with one attached hydrogen (secondary N) is 1. The maximum atomic E-state index is 10.4. The van der Waals surface area contributed by atoms with Crippen molar-refractivity contribution >= 4 is 17.7 Å². The molecule has 2 N–H and O–H groups in total. The van der Waals surface area contributed by atoms with Crippen LogP contribution in [0.3, 0.4) is 0 Å². The lowest BCUT2D eigenvalue weighted by Gasteiger charge is -2.24. The Hall–Kier alpha value is -1.77. The van der Waals surface area contributed by atoms with Crippen LogP contribution in [0.25, 0.3) is 6.08 Å². The van der Waals surface area contributed by atoms with E-state index in [-0.39, 0.29) is 0 Å². The Balaban J connectivity index is 1.61. The minimum Gasteiger partial charge on any atom is -0.478 e. The molecule has 2 saturated carbocycles. The zero-order chi connectivity index (χ0) is 13.2. The molecule has 3 unspecified atom stereocenters. The Morgan fingerprint density at radius 2 is 2.00 bits per heavy atom. The second kappa shape index (κ2) is 5.08. The summed E-state index contributed by atoms with van der Waals surface area (Å²) in [5.74, 6) is 0.890. The molecule has 0 saturated heterocycles. The van der Waals surface area contributed by atoms with E-state index in [2.05, 4.69) is 5.32 Å². The SMILES string of the molecule is O=C(O)/C=C/c1ccc(NC2CC3CCC2C3)cc1. The van der Waals surface area contributed by atoms with E-state index in [0.717, 1.165) is 23.1 Å². The van der Waals surface area contributed by atoms with Crippen molar-refractivity contribution in [2.45, 2.75) is 31.7 Å². The summed E-state index contributed by atoms with van der Waals surface area (Å²) >= 11 is 0. The molecule has 1 aromatic rings. The van der Waals surface area contributed by atoms with Crippen molar-refractivity contribution in [1.29, 1.82) is 0 Å². The highest BCUT2D eigenvalue weighted by molar-refractivity contribution is 5.85. The van der Waals surface area contributed by atoms with Gasteiger partial charge in [-0.1, -0.05) is 18.6 Å². The van der Waals surface area contributed by atoms with Crippen molar-refractivity contribution in [3.63, 3.8) is 0 Å². The number of benzene rings is 1. The maximum Gasteiger partial charge on any atom is 0.328 e. The van der Waals surface area contributed by atoms with Gasteiger partial charge in [-0.3, -0.25) is 0 Å². The molecule has 2 bridgehead atoms. The minimum absolute atomic E-state index is 0.638. The summed E-state index contributed by atoms with van der Waals surface area (Å²) in [6.07, 6.45) is 8.29. The third-order valence-electron chi connectivity index (χ3n) is 4.42. The molecule has 3 rings (SSSR count). The number of anilines is 1. The third-order valence-corrected chi connectivity index (χ3v) is 4.42. The van der Waals surface area contributed by atoms with Crippen molar-refractivity contribution < 1.29 is 9.90 Å². The van der Waals surface area contributed by atoms with Crippen molar-refractivity contribution in [2.75, 3.05) is 5.32 Å². The third kappa shape index (κ3) is 2.80. The Bertz CT molecular complexity index is 492. The molecule has 0 aromatic heterocycles. The van der Waals surface area contributed by atoms with E-state index >= 15 is 0 Å². The Morgan fingerprint density at radius 3 is 2.58 bits per heavy atom. The molecule has 19 heavy (non-hydrogen) atoms. The second-order valence-corrected chi connectivity index (χ2v) is 5.72. The number of carboxylic acids is 1. The molecule has 0 amide bonds. The van der Waals surface area contributed by atoms with E-state index in [0.29, 0.717) is 6.04 Å². The number of carbonyl (C=O) groups is 1. The molecule has 3 atom stereocenters. The highest BCUT2D eigenvalue weighted by Gasteiger charge is 2.39. The van der Waals surface area contributed by atoms with Gasteiger partial charge in [0.05, 0.1) is 0 Å². The van der Waals surface area contributed by atoms with Crippen LogP contribution < -0.4 is 5.32 Å². The standard InChI is InChI=1S/C16H19NO2/c18-16(19)8-4-11-2-6-14(7-3-11)17-15-10-12-1-5-13(15)9-12/h2-4,6-8,12-13,15,17H,1,5,9-10H2,(H,18,19)/b8-4+. The topological polar surface area (TPSA) is 49.3 Å². The van der Waals surface area contributed by atoms with Crippen LogP contribution in [0.4, 0.5) is 5.69 Å². The minimum atomic E-state index is -0.913. The smallest absolute Gasteiger partial charge is 0.328 e. The number of hydrogen-bond donors (Lipinski definition) is 2. The average Bonchev–Trinajstić information content (AvgIpc) is 3.00. The number of hydrogen-bond acceptors (Lipinski definition) is 2. The molecule has 2 aliphatic rings. The summed E-state index contributed by atoms with van der Waals surface area (Å²) in [5, 5.41) is 12.2. The molecule has 0 aliphatic heterocycles. The van der Waals surface area contributed by atoms with Gasteiger partial charge in [-0.15, -0.1) is 0 Å². The molecule has 100 valence electrons. The molecular formula is C16H19NO2. The molecule has 0 heterocycles. The number of carboxylic acid groups (broad SMARTS) is 1. The predicted octanol–water partition coefficient (Wildman–Crippen LogP) is 3.38. The first-order valence-electron chi connectivity index (χ1n) is 6.98. The Morgan fingerprint density at radius 1 is 1.21 bits per heavy atom. The van der Waals surface area contributed by atoms with Crippen LogP contribution in [0.5, 0.6) is 0 Å². The fourth-order valence-corrected chi connectivity index (χ4v) is 3.49. The highest BCUT2D eigenvalue weighted by atomic mass is 16.4. The van der Waals surface area contributed by atoms with E-state index in [1.807, 2.05) is 24.3 Å². The molecule has 3 heteroatoms. The Labute approximate surface area is 113 Å². The molecular weight excluding hydrogens is 238 g/mol. The lowest BCUT2D eigenvalue weighted by Crippen LogP contribution is -2.25. The molecule has 2 fully saturated rings. The van der Waals surface area contributed by atoms with E-state index in [9.17, 15) is 4.79 Å². The number of fused-ring (bicyclic) bond motifs is 2. The van der Waals surface area contributed by atoms with E-state index in [1.54, 1.807) is 6.08 Å². The van der Waals surface area contributed by atoms with E-state index < -0.39 is 5.97 Å². The van der Waals surface area contributed by atoms with Crippen LogP contribution in [0.1, 0.15) is 31.2 Å². The van der Waals surface area contributed by atoms with Crippen LogP contribution in [0.2, 0.25) is 0 Å². The first-order valence-corrected chi connectivity index (χ1v) is 6.98. The van der Waals surface area contributed by atoms with Gasteiger partial charge in [0.1, 0.15) is 0 Å². The predicted molar refractivity (Wildman–Crippen MR) is 76.0 cm³/mol. The normalized spacial score (nSPS) is 28.9. The van der Waals surface area contributed by atoms with Gasteiger partial charge in [0.25, 0.3) is 0 Å². The lowest BCUT2D eigenvalue weighted by atomic mass is 9.95. The van der Waals surface area contributed by atoms with Crippen LogP contribution in [0, 0.1) is 11.8 Å².